The number of alkyl halides is 1. The Morgan fingerprint density at radius 2 is 1.92 bits per heavy atom. The smallest absolute Gasteiger partial charge is 0.318 e. The van der Waals surface area contributed by atoms with E-state index in [2.05, 4.69) is 65.5 Å². The number of ether oxygens (including phenoxy) is 1. The van der Waals surface area contributed by atoms with E-state index in [0.717, 1.165) is 52.6 Å². The zero-order chi connectivity index (χ0) is 44.6. The number of amides is 1. The number of allylic oxidation sites excluding steroid dienone is 3. The largest absolute Gasteiger partial charge is 0.463 e. The van der Waals surface area contributed by atoms with Gasteiger partial charge in [-0.1, -0.05) is 99.3 Å². The van der Waals surface area contributed by atoms with Gasteiger partial charge in [0.2, 0.25) is 0 Å². The van der Waals surface area contributed by atoms with Gasteiger partial charge in [0, 0.05) is 58.7 Å². The predicted octanol–water partition coefficient (Wildman–Crippen LogP) is 11.0. The number of thiophene rings is 1. The number of likely N-dealkylation sites (N-methyl/N-ethyl adjacent to an activating group) is 1. The number of aromatic nitrogens is 2. The number of carbonyl (C=O) groups excluding carboxylic acids is 1. The molecule has 2 aliphatic rings. The van der Waals surface area contributed by atoms with E-state index < -0.39 is 11.6 Å². The van der Waals surface area contributed by atoms with Crippen LogP contribution >= 0.6 is 11.3 Å². The molecule has 1 amide bonds. The zero-order valence-corrected chi connectivity index (χ0v) is 38.9. The van der Waals surface area contributed by atoms with Crippen molar-refractivity contribution in [2.75, 3.05) is 45.2 Å². The number of nitriles is 1. The van der Waals surface area contributed by atoms with Crippen LogP contribution in [0, 0.1) is 34.0 Å². The lowest BCUT2D eigenvalue weighted by molar-refractivity contribution is -0.124. The molecule has 0 bridgehead atoms. The fourth-order valence-corrected chi connectivity index (χ4v) is 9.22. The maximum absolute atomic E-state index is 15.2. The summed E-state index contributed by atoms with van der Waals surface area (Å²) in [5, 5.41) is 21.4. The molecule has 3 atom stereocenters. The molecule has 3 aromatic rings. The van der Waals surface area contributed by atoms with Gasteiger partial charge in [-0.2, -0.15) is 15.2 Å². The summed E-state index contributed by atoms with van der Waals surface area (Å²) < 4.78 is 22.8. The van der Waals surface area contributed by atoms with E-state index in [-0.39, 0.29) is 42.0 Å². The van der Waals surface area contributed by atoms with Crippen molar-refractivity contribution in [2.45, 2.75) is 119 Å². The molecule has 1 aromatic carbocycles. The van der Waals surface area contributed by atoms with Crippen LogP contribution in [0.3, 0.4) is 0 Å². The van der Waals surface area contributed by atoms with E-state index in [1.54, 1.807) is 31.5 Å². The lowest BCUT2D eigenvalue weighted by Gasteiger charge is -2.32. The third kappa shape index (κ3) is 11.1. The van der Waals surface area contributed by atoms with Crippen LogP contribution in [0.4, 0.5) is 10.2 Å². The van der Waals surface area contributed by atoms with Crippen LogP contribution in [0.25, 0.3) is 27.3 Å². The highest BCUT2D eigenvalue weighted by atomic mass is 32.1. The van der Waals surface area contributed by atoms with Crippen LogP contribution in [0.1, 0.15) is 140 Å². The van der Waals surface area contributed by atoms with Crippen LogP contribution in [0.5, 0.6) is 6.01 Å². The van der Waals surface area contributed by atoms with Crippen molar-refractivity contribution in [1.82, 2.24) is 14.9 Å². The average Bonchev–Trinajstić information content (AvgIpc) is 3.47. The number of anilines is 1. The molecule has 0 spiro atoms. The summed E-state index contributed by atoms with van der Waals surface area (Å²) in [5.41, 5.74) is 11.1. The van der Waals surface area contributed by atoms with E-state index in [1.165, 1.54) is 4.90 Å². The van der Waals surface area contributed by atoms with E-state index in [9.17, 15) is 15.5 Å². The van der Waals surface area contributed by atoms with Crippen LogP contribution < -0.4 is 15.4 Å². The van der Waals surface area contributed by atoms with Gasteiger partial charge in [-0.25, -0.2) is 4.39 Å². The molecule has 328 valence electrons. The van der Waals surface area contributed by atoms with Crippen molar-refractivity contribution in [3.05, 3.63) is 63.3 Å². The van der Waals surface area contributed by atoms with Gasteiger partial charge in [-0.3, -0.25) is 15.2 Å². The average molecular weight is 851 g/mol. The molecule has 3 heterocycles. The minimum Gasteiger partial charge on any atom is -0.463 e. The molecule has 0 radical (unpaired) electrons. The Hall–Kier alpha value is -4.89. The van der Waals surface area contributed by atoms with Crippen LogP contribution in [0.15, 0.2) is 41.0 Å². The highest BCUT2D eigenvalue weighted by Crippen LogP contribution is 2.45. The Balaban J connectivity index is 1.76. The van der Waals surface area contributed by atoms with Gasteiger partial charge in [0.1, 0.15) is 18.1 Å². The predicted molar refractivity (Wildman–Crippen MR) is 252 cm³/mol. The van der Waals surface area contributed by atoms with E-state index in [4.69, 9.17) is 25.4 Å². The Kier molecular flexibility index (Phi) is 16.1. The molecule has 10 nitrogen and oxygen atoms in total. The van der Waals surface area contributed by atoms with Gasteiger partial charge in [0.05, 0.1) is 47.1 Å². The number of carbonyl (C=O) groups is 1. The first-order chi connectivity index (χ1) is 29.0. The fourth-order valence-electron chi connectivity index (χ4n) is 8.03. The summed E-state index contributed by atoms with van der Waals surface area (Å²) in [4.78, 5) is 32.6. The van der Waals surface area contributed by atoms with E-state index in [1.807, 2.05) is 31.2 Å². The summed E-state index contributed by atoms with van der Waals surface area (Å²) in [6.07, 6.45) is 11.5. The highest BCUT2D eigenvalue weighted by molar-refractivity contribution is 7.19. The second-order valence-corrected chi connectivity index (χ2v) is 19.1. The number of hydrogen-bond acceptors (Lipinski definition) is 10. The maximum Gasteiger partial charge on any atom is 0.318 e. The molecule has 0 saturated carbocycles. The van der Waals surface area contributed by atoms with Gasteiger partial charge < -0.3 is 20.3 Å². The molecule has 5 rings (SSSR count). The molecular weight excluding hydrogens is 784 g/mol. The standard InChI is InChI=1S/C49H67FN8O2S/c1-11-13-14-15-20-49(8,26-33(50)12-2)29-60-48-55-40-25-36(35-18-16-19-41-42(35)38(27-51)45(61-41)31(5)6)44(53)37(23-32(7)30(3)4)43(40)46(56-48)58-22-17-21-54-34(28-58)24-39(52)47(59)57(9)10/h16,18-19,23-25,30-33,53H,11-15,17,20-22,26,28-29,52H2,1-10H3/b37-23-,39-24-,53-44?. The van der Waals surface area contributed by atoms with Crippen molar-refractivity contribution in [3.63, 3.8) is 0 Å². The number of fused-ring (bicyclic) bond motifs is 2. The summed E-state index contributed by atoms with van der Waals surface area (Å²) >= 11 is 1.63. The minimum absolute atomic E-state index is 0.0899. The summed E-state index contributed by atoms with van der Waals surface area (Å²) in [5.74, 6) is 0.823. The summed E-state index contributed by atoms with van der Waals surface area (Å²) in [6.45, 7) is 18.6. The third-order valence-electron chi connectivity index (χ3n) is 12.0. The number of aliphatic imine (C=N–C) groups is 1. The Morgan fingerprint density at radius 3 is 2.57 bits per heavy atom. The van der Waals surface area contributed by atoms with Crippen LogP contribution in [0.2, 0.25) is 0 Å². The number of unbranched alkanes of at least 4 members (excludes halogenated alkanes) is 3. The van der Waals surface area contributed by atoms with Crippen molar-refractivity contribution >= 4 is 61.8 Å². The Bertz CT molecular complexity index is 2250. The molecule has 61 heavy (non-hydrogen) atoms. The van der Waals surface area contributed by atoms with Crippen molar-refractivity contribution in [2.24, 2.45) is 28.0 Å². The lowest BCUT2D eigenvalue weighted by Crippen LogP contribution is -2.33. The first kappa shape index (κ1) is 47.2. The Labute approximate surface area is 367 Å². The molecule has 12 heteroatoms. The number of hydrogen-bond donors (Lipinski definition) is 2. The quantitative estimate of drug-likeness (QED) is 0.0957. The molecular formula is C49H67FN8O2S. The van der Waals surface area contributed by atoms with Gasteiger partial charge in [0.25, 0.3) is 5.91 Å². The number of benzene rings is 1. The second kappa shape index (κ2) is 20.8. The summed E-state index contributed by atoms with van der Waals surface area (Å²) in [6, 6.07) is 8.73. The first-order valence-electron chi connectivity index (χ1n) is 22.2. The number of nitrogens with zero attached hydrogens (tertiary/aromatic N) is 6. The van der Waals surface area contributed by atoms with Gasteiger partial charge in [0.15, 0.2) is 0 Å². The molecule has 3 N–H and O–H groups in total. The molecule has 0 saturated heterocycles. The van der Waals surface area contributed by atoms with Gasteiger partial charge in [-0.05, 0) is 67.2 Å². The van der Waals surface area contributed by atoms with Crippen LogP contribution in [-0.2, 0) is 4.79 Å². The van der Waals surface area contributed by atoms with E-state index in [0.29, 0.717) is 84.1 Å². The molecule has 1 aliphatic carbocycles. The van der Waals surface area contributed by atoms with Gasteiger partial charge in [-0.15, -0.1) is 11.3 Å². The third-order valence-corrected chi connectivity index (χ3v) is 13.5. The number of halogens is 1. The van der Waals surface area contributed by atoms with Gasteiger partial charge >= 0.3 is 6.01 Å². The highest BCUT2D eigenvalue weighted by Gasteiger charge is 2.34. The van der Waals surface area contributed by atoms with E-state index >= 15 is 4.39 Å². The molecule has 3 unspecified atom stereocenters. The SMILES string of the molecule is CCCCCCC(C)(COc1nc2c(c(N3CCCN=C(/C=C(\N)C(=O)N(C)C)C3)n1)/C(=C/C(C)C(C)C)C(=N)C(c1cccc3sc(C(C)C)c(C#N)c13)=C2)CC(F)CC. The topological polar surface area (TPSA) is 145 Å². The van der Waals surface area contributed by atoms with Crippen molar-refractivity contribution in [1.29, 1.82) is 10.7 Å². The monoisotopic (exact) mass is 851 g/mol. The summed E-state index contributed by atoms with van der Waals surface area (Å²) in [7, 11) is 3.33. The lowest BCUT2D eigenvalue weighted by atomic mass is 9.80. The zero-order valence-electron chi connectivity index (χ0n) is 38.1. The van der Waals surface area contributed by atoms with Crippen molar-refractivity contribution < 1.29 is 13.9 Å². The first-order valence-corrected chi connectivity index (χ1v) is 23.0. The number of nitrogens with one attached hydrogen (secondary N) is 1. The number of nitrogens with two attached hydrogens (primary N) is 1. The van der Waals surface area contributed by atoms with Crippen molar-refractivity contribution in [3.8, 4) is 12.1 Å². The maximum atomic E-state index is 15.2. The second-order valence-electron chi connectivity index (χ2n) is 18.1. The number of rotatable bonds is 18. The normalized spacial score (nSPS) is 17.4. The Morgan fingerprint density at radius 1 is 1.16 bits per heavy atom. The molecule has 0 fully saturated rings. The van der Waals surface area contributed by atoms with Crippen LogP contribution in [-0.4, -0.2) is 78.7 Å². The fraction of sp³-hybridized carbons (Fsp3) is 0.551. The molecule has 1 aliphatic heterocycles. The molecule has 2 aromatic heterocycles. The minimum atomic E-state index is -0.948.